The van der Waals surface area contributed by atoms with E-state index in [1.165, 1.54) is 6.07 Å². The van der Waals surface area contributed by atoms with Gasteiger partial charge in [-0.05, 0) is 56.5 Å². The van der Waals surface area contributed by atoms with Gasteiger partial charge in [0.25, 0.3) is 0 Å². The summed E-state index contributed by atoms with van der Waals surface area (Å²) in [5.74, 6) is 0.212. The number of nitrogens with zero attached hydrogens (tertiary/aromatic N) is 7. The molecule has 10 nitrogen and oxygen atoms in total. The summed E-state index contributed by atoms with van der Waals surface area (Å²) in [7, 11) is 0. The summed E-state index contributed by atoms with van der Waals surface area (Å²) in [5.41, 5.74) is 4.05. The van der Waals surface area contributed by atoms with Crippen LogP contribution in [0.4, 0.5) is 13.6 Å². The summed E-state index contributed by atoms with van der Waals surface area (Å²) in [4.78, 5) is 34.8. The molecular weight excluding hydrogens is 628 g/mol. The molecule has 7 rings (SSSR count). The Morgan fingerprint density at radius 2 is 1.80 bits per heavy atom. The molecule has 2 aliphatic heterocycles. The molecule has 0 N–H and O–H groups in total. The number of halogens is 2. The van der Waals surface area contributed by atoms with E-state index in [0.717, 1.165) is 30.3 Å². The normalized spacial score (nSPS) is 18.2. The molecule has 0 aliphatic carbocycles. The molecule has 0 unspecified atom stereocenters. The number of amides is 1. The second kappa shape index (κ2) is 14.0. The van der Waals surface area contributed by atoms with Gasteiger partial charge in [0.2, 0.25) is 0 Å². The average Bonchev–Trinajstić information content (AvgIpc) is 3.45. The number of rotatable bonds is 8. The van der Waals surface area contributed by atoms with E-state index in [1.54, 1.807) is 24.5 Å². The summed E-state index contributed by atoms with van der Waals surface area (Å²) in [5, 5.41) is 0. The molecule has 1 amide bonds. The number of likely N-dealkylation sites (tertiary alicyclic amines) is 1. The van der Waals surface area contributed by atoms with Crippen LogP contribution in [0.5, 0.6) is 0 Å². The van der Waals surface area contributed by atoms with Crippen LogP contribution in [0.15, 0.2) is 67.1 Å². The number of aromatic nitrogens is 5. The zero-order chi connectivity index (χ0) is 34.1. The SMILES string of the molecule is Cc1nc2c(F)cc(-c3cc(Cc4ncc(CN5CC[C@H]6[C@H](C5)OCCN6C(=O)OCc5ccccc5)cn4)ncc3F)cc2n1C(C)C. The Kier molecular flexibility index (Phi) is 9.33. The lowest BCUT2D eigenvalue weighted by Gasteiger charge is -2.46. The minimum atomic E-state index is -0.538. The third kappa shape index (κ3) is 7.02. The summed E-state index contributed by atoms with van der Waals surface area (Å²) < 4.78 is 43.8. The number of morpholine rings is 1. The first-order valence-electron chi connectivity index (χ1n) is 16.7. The van der Waals surface area contributed by atoms with Crippen LogP contribution in [0.2, 0.25) is 0 Å². The number of ether oxygens (including phenoxy) is 2. The fourth-order valence-corrected chi connectivity index (χ4v) is 6.98. The van der Waals surface area contributed by atoms with Crippen LogP contribution in [-0.4, -0.2) is 78.8 Å². The Morgan fingerprint density at radius 1 is 1.00 bits per heavy atom. The predicted octanol–water partition coefficient (Wildman–Crippen LogP) is 6.26. The van der Waals surface area contributed by atoms with Gasteiger partial charge in [-0.15, -0.1) is 0 Å². The van der Waals surface area contributed by atoms with Crippen LogP contribution in [0.1, 0.15) is 54.8 Å². The number of carbonyl (C=O) groups is 1. The van der Waals surface area contributed by atoms with Gasteiger partial charge < -0.3 is 18.9 Å². The molecule has 2 atom stereocenters. The van der Waals surface area contributed by atoms with E-state index in [2.05, 4.69) is 24.8 Å². The molecule has 0 saturated carbocycles. The highest BCUT2D eigenvalue weighted by molar-refractivity contribution is 5.83. The molecule has 5 heterocycles. The van der Waals surface area contributed by atoms with Crippen molar-refractivity contribution in [1.82, 2.24) is 34.3 Å². The number of fused-ring (bicyclic) bond motifs is 2. The van der Waals surface area contributed by atoms with Crippen molar-refractivity contribution < 1.29 is 23.0 Å². The van der Waals surface area contributed by atoms with Crippen molar-refractivity contribution in [3.8, 4) is 11.1 Å². The lowest BCUT2D eigenvalue weighted by atomic mass is 9.98. The van der Waals surface area contributed by atoms with Gasteiger partial charge in [-0.2, -0.15) is 0 Å². The molecule has 2 aliphatic rings. The zero-order valence-electron chi connectivity index (χ0n) is 27.9. The highest BCUT2D eigenvalue weighted by atomic mass is 19.1. The van der Waals surface area contributed by atoms with E-state index in [1.807, 2.05) is 60.6 Å². The van der Waals surface area contributed by atoms with Gasteiger partial charge in [0.05, 0.1) is 36.9 Å². The van der Waals surface area contributed by atoms with Gasteiger partial charge in [0, 0.05) is 61.4 Å². The van der Waals surface area contributed by atoms with Crippen molar-refractivity contribution >= 4 is 17.1 Å². The van der Waals surface area contributed by atoms with E-state index in [0.29, 0.717) is 61.1 Å². The lowest BCUT2D eigenvalue weighted by Crippen LogP contribution is -2.60. The zero-order valence-corrected chi connectivity index (χ0v) is 27.9. The molecular formula is C37H39F2N7O3. The minimum absolute atomic E-state index is 0.0279. The topological polar surface area (TPSA) is 98.5 Å². The van der Waals surface area contributed by atoms with Gasteiger partial charge in [-0.25, -0.2) is 28.5 Å². The smallest absolute Gasteiger partial charge is 0.410 e. The number of benzene rings is 2. The Morgan fingerprint density at radius 3 is 2.57 bits per heavy atom. The van der Waals surface area contributed by atoms with Gasteiger partial charge >= 0.3 is 6.09 Å². The van der Waals surface area contributed by atoms with Crippen LogP contribution in [0, 0.1) is 18.6 Å². The summed E-state index contributed by atoms with van der Waals surface area (Å²) >= 11 is 0. The molecule has 2 saturated heterocycles. The Balaban J connectivity index is 0.978. The van der Waals surface area contributed by atoms with Crippen molar-refractivity contribution in [2.75, 3.05) is 26.2 Å². The Labute approximate surface area is 283 Å². The molecule has 5 aromatic rings. The molecule has 2 aromatic carbocycles. The van der Waals surface area contributed by atoms with Crippen LogP contribution >= 0.6 is 0 Å². The molecule has 0 radical (unpaired) electrons. The van der Waals surface area contributed by atoms with Gasteiger partial charge in [0.1, 0.15) is 29.6 Å². The number of hydrogen-bond acceptors (Lipinski definition) is 8. The maximum atomic E-state index is 15.1. The van der Waals surface area contributed by atoms with Crippen LogP contribution in [-0.2, 0) is 29.0 Å². The quantitative estimate of drug-likeness (QED) is 0.191. The maximum Gasteiger partial charge on any atom is 0.410 e. The fourth-order valence-electron chi connectivity index (χ4n) is 6.98. The minimum Gasteiger partial charge on any atom is -0.445 e. The lowest BCUT2D eigenvalue weighted by molar-refractivity contribution is -0.0992. The first kappa shape index (κ1) is 32.7. The molecule has 3 aromatic heterocycles. The van der Waals surface area contributed by atoms with Crippen LogP contribution in [0.3, 0.4) is 0 Å². The van der Waals surface area contributed by atoms with Gasteiger partial charge in [-0.1, -0.05) is 30.3 Å². The number of aryl methyl sites for hydroxylation is 1. The number of pyridine rings is 1. The van der Waals surface area contributed by atoms with E-state index in [4.69, 9.17) is 9.47 Å². The summed E-state index contributed by atoms with van der Waals surface area (Å²) in [6.45, 7) is 9.20. The van der Waals surface area contributed by atoms with Crippen molar-refractivity contribution in [3.05, 3.63) is 107 Å². The summed E-state index contributed by atoms with van der Waals surface area (Å²) in [6.07, 6.45) is 5.42. The number of piperidine rings is 1. The molecule has 2 fully saturated rings. The first-order chi connectivity index (χ1) is 23.7. The average molecular weight is 668 g/mol. The van der Waals surface area contributed by atoms with Crippen molar-refractivity contribution in [2.24, 2.45) is 0 Å². The molecule has 12 heteroatoms. The van der Waals surface area contributed by atoms with E-state index in [-0.39, 0.29) is 42.0 Å². The maximum absolute atomic E-state index is 15.1. The highest BCUT2D eigenvalue weighted by Crippen LogP contribution is 2.31. The number of hydrogen-bond donors (Lipinski definition) is 0. The highest BCUT2D eigenvalue weighted by Gasteiger charge is 2.39. The van der Waals surface area contributed by atoms with E-state index in [9.17, 15) is 4.79 Å². The molecule has 0 bridgehead atoms. The Hall–Kier alpha value is -4.81. The third-order valence-electron chi connectivity index (χ3n) is 9.28. The molecule has 254 valence electrons. The largest absolute Gasteiger partial charge is 0.445 e. The van der Waals surface area contributed by atoms with Crippen molar-refractivity contribution in [2.45, 2.75) is 65.0 Å². The first-order valence-corrected chi connectivity index (χ1v) is 16.7. The third-order valence-corrected chi connectivity index (χ3v) is 9.28. The van der Waals surface area contributed by atoms with Crippen LogP contribution < -0.4 is 0 Å². The second-order valence-corrected chi connectivity index (χ2v) is 13.0. The van der Waals surface area contributed by atoms with Crippen molar-refractivity contribution in [1.29, 1.82) is 0 Å². The second-order valence-electron chi connectivity index (χ2n) is 13.0. The number of imidazole rings is 1. The number of carbonyl (C=O) groups excluding carboxylic acids is 1. The van der Waals surface area contributed by atoms with E-state index >= 15 is 8.78 Å². The van der Waals surface area contributed by atoms with Crippen molar-refractivity contribution in [3.63, 3.8) is 0 Å². The van der Waals surface area contributed by atoms with E-state index < -0.39 is 11.6 Å². The predicted molar refractivity (Wildman–Crippen MR) is 180 cm³/mol. The Bertz CT molecular complexity index is 1950. The van der Waals surface area contributed by atoms with Crippen LogP contribution in [0.25, 0.3) is 22.2 Å². The fraction of sp³-hybridized carbons (Fsp3) is 0.378. The molecule has 49 heavy (non-hydrogen) atoms. The van der Waals surface area contributed by atoms with Gasteiger partial charge in [0.15, 0.2) is 5.82 Å². The monoisotopic (exact) mass is 667 g/mol. The summed E-state index contributed by atoms with van der Waals surface area (Å²) in [6, 6.07) is 14.4. The standard InChI is InChI=1S/C37H39F2N7O3/c1-23(2)46-24(3)43-36-30(38)13-27(14-33(36)46)29-15-28(40-19-31(29)39)16-35-41-17-26(18-42-35)20-44-10-9-32-34(21-44)48-12-11-45(32)37(47)49-22-25-7-5-4-6-8-25/h4-8,13-15,17-19,23,32,34H,9-12,16,20-22H2,1-3H3/t32-,34-/m0/s1. The van der Waals surface area contributed by atoms with Gasteiger partial charge in [-0.3, -0.25) is 9.88 Å². The molecule has 0 spiro atoms.